The van der Waals surface area contributed by atoms with E-state index >= 15 is 0 Å². The van der Waals surface area contributed by atoms with Gasteiger partial charge >= 0.3 is 15.6 Å². The molecule has 0 radical (unpaired) electrons. The van der Waals surface area contributed by atoms with Gasteiger partial charge in [-0.2, -0.15) is 21.6 Å². The van der Waals surface area contributed by atoms with Crippen LogP contribution < -0.4 is 5.48 Å². The van der Waals surface area contributed by atoms with Crippen LogP contribution in [0.3, 0.4) is 0 Å². The number of hydrogen-bond donors (Lipinski definition) is 2. The van der Waals surface area contributed by atoms with Crippen molar-refractivity contribution in [1.82, 2.24) is 5.48 Å². The number of hydrogen-bond acceptors (Lipinski definition) is 5. The lowest BCUT2D eigenvalue weighted by Crippen LogP contribution is -2.26. The monoisotopic (exact) mass is 331 g/mol. The molecule has 0 aromatic carbocycles. The fourth-order valence-corrected chi connectivity index (χ4v) is 2.69. The van der Waals surface area contributed by atoms with Crippen molar-refractivity contribution >= 4 is 10.1 Å². The standard InChI is InChI=1S/C12H20F3NO4S/c13-12(14,15)21(18,19)20-11-9-7-5-3-1-2-4-6-8-10(11)16-17/h16-17H,1-9H2/b11-10-. The van der Waals surface area contributed by atoms with E-state index in [4.69, 9.17) is 5.21 Å². The van der Waals surface area contributed by atoms with Gasteiger partial charge in [-0.15, -0.1) is 0 Å². The van der Waals surface area contributed by atoms with Crippen LogP contribution in [-0.4, -0.2) is 19.1 Å². The van der Waals surface area contributed by atoms with E-state index in [1.54, 1.807) is 5.48 Å². The molecule has 124 valence electrons. The third-order valence-electron chi connectivity index (χ3n) is 3.30. The highest BCUT2D eigenvalue weighted by Crippen LogP contribution is 2.30. The summed E-state index contributed by atoms with van der Waals surface area (Å²) in [4.78, 5) is 0. The van der Waals surface area contributed by atoms with E-state index in [1.807, 2.05) is 0 Å². The highest BCUT2D eigenvalue weighted by Gasteiger charge is 2.49. The minimum Gasteiger partial charge on any atom is -0.379 e. The first kappa shape index (κ1) is 18.1. The van der Waals surface area contributed by atoms with Gasteiger partial charge in [0.15, 0.2) is 0 Å². The second kappa shape index (κ2) is 7.88. The van der Waals surface area contributed by atoms with E-state index in [0.29, 0.717) is 12.8 Å². The van der Waals surface area contributed by atoms with Gasteiger partial charge in [-0.3, -0.25) is 10.7 Å². The molecule has 0 aliphatic heterocycles. The summed E-state index contributed by atoms with van der Waals surface area (Å²) >= 11 is 0. The third-order valence-corrected chi connectivity index (χ3v) is 4.28. The molecule has 1 aliphatic carbocycles. The molecular formula is C12H20F3NO4S. The first-order valence-electron chi connectivity index (χ1n) is 6.91. The van der Waals surface area contributed by atoms with Crippen molar-refractivity contribution in [2.24, 2.45) is 0 Å². The maximum Gasteiger partial charge on any atom is 0.534 e. The molecule has 5 nitrogen and oxygen atoms in total. The topological polar surface area (TPSA) is 75.6 Å². The van der Waals surface area contributed by atoms with Crippen LogP contribution in [0.5, 0.6) is 0 Å². The molecule has 0 aromatic heterocycles. The molecule has 0 aromatic rings. The van der Waals surface area contributed by atoms with Gasteiger partial charge in [0.1, 0.15) is 5.76 Å². The highest BCUT2D eigenvalue weighted by atomic mass is 32.2. The van der Waals surface area contributed by atoms with E-state index in [9.17, 15) is 21.6 Å². The Morgan fingerprint density at radius 1 is 0.952 bits per heavy atom. The first-order valence-corrected chi connectivity index (χ1v) is 8.31. The maximum absolute atomic E-state index is 12.4. The predicted molar refractivity (Wildman–Crippen MR) is 69.6 cm³/mol. The van der Waals surface area contributed by atoms with E-state index in [-0.39, 0.29) is 24.3 Å². The lowest BCUT2D eigenvalue weighted by Gasteiger charge is -2.16. The molecule has 0 amide bonds. The highest BCUT2D eigenvalue weighted by molar-refractivity contribution is 7.87. The summed E-state index contributed by atoms with van der Waals surface area (Å²) in [7, 11) is -5.71. The molecule has 0 bridgehead atoms. The van der Waals surface area contributed by atoms with Crippen LogP contribution in [0.4, 0.5) is 13.2 Å². The number of alkyl halides is 3. The fourth-order valence-electron chi connectivity index (χ4n) is 2.15. The second-order valence-corrected chi connectivity index (χ2v) is 6.51. The number of rotatable bonds is 3. The Hall–Kier alpha value is -0.960. The number of allylic oxidation sites excluding steroid dienone is 2. The minimum atomic E-state index is -5.71. The van der Waals surface area contributed by atoms with Gasteiger partial charge in [0.2, 0.25) is 0 Å². The summed E-state index contributed by atoms with van der Waals surface area (Å²) in [5.74, 6) is -0.350. The van der Waals surface area contributed by atoms with Gasteiger partial charge in [0.05, 0.1) is 5.70 Å². The molecule has 21 heavy (non-hydrogen) atoms. The Labute approximate surface area is 122 Å². The van der Waals surface area contributed by atoms with E-state index < -0.39 is 15.6 Å². The molecule has 0 spiro atoms. The SMILES string of the molecule is O=S(=O)(O/C1=C(\NO)CCCCCCCCC1)C(F)(F)F. The zero-order chi connectivity index (χ0) is 15.9. The molecule has 0 heterocycles. The van der Waals surface area contributed by atoms with Crippen molar-refractivity contribution in [2.75, 3.05) is 0 Å². The van der Waals surface area contributed by atoms with Crippen molar-refractivity contribution in [2.45, 2.75) is 63.3 Å². The Morgan fingerprint density at radius 2 is 1.43 bits per heavy atom. The number of halogens is 3. The van der Waals surface area contributed by atoms with Crippen molar-refractivity contribution in [3.05, 3.63) is 11.5 Å². The number of nitrogens with one attached hydrogen (secondary N) is 1. The average Bonchev–Trinajstić information content (AvgIpc) is 2.42. The molecule has 0 fully saturated rings. The summed E-state index contributed by atoms with van der Waals surface area (Å²) in [5.41, 5.74) is -3.69. The second-order valence-electron chi connectivity index (χ2n) is 4.97. The Balaban J connectivity index is 2.95. The van der Waals surface area contributed by atoms with Crippen molar-refractivity contribution in [1.29, 1.82) is 0 Å². The largest absolute Gasteiger partial charge is 0.534 e. The molecule has 2 N–H and O–H groups in total. The van der Waals surface area contributed by atoms with Crippen LogP contribution >= 0.6 is 0 Å². The molecule has 0 atom stereocenters. The molecule has 1 rings (SSSR count). The van der Waals surface area contributed by atoms with E-state index in [2.05, 4.69) is 4.18 Å². The fraction of sp³-hybridized carbons (Fsp3) is 0.833. The van der Waals surface area contributed by atoms with E-state index in [1.165, 1.54) is 0 Å². The Bertz CT molecular complexity index is 460. The van der Waals surface area contributed by atoms with Crippen LogP contribution in [0.1, 0.15) is 57.8 Å². The first-order chi connectivity index (χ1) is 9.78. The molecule has 1 aliphatic rings. The number of hydroxylamine groups is 1. The van der Waals surface area contributed by atoms with E-state index in [0.717, 1.165) is 32.1 Å². The summed E-state index contributed by atoms with van der Waals surface area (Å²) in [6, 6.07) is 0. The normalized spacial score (nSPS) is 23.2. The Kier molecular flexibility index (Phi) is 6.79. The van der Waals surface area contributed by atoms with Crippen LogP contribution in [0, 0.1) is 0 Å². The molecule has 0 saturated carbocycles. The maximum atomic E-state index is 12.4. The third kappa shape index (κ3) is 5.74. The van der Waals surface area contributed by atoms with Gasteiger partial charge < -0.3 is 4.18 Å². The van der Waals surface area contributed by atoms with Crippen LogP contribution in [0.15, 0.2) is 11.5 Å². The summed E-state index contributed by atoms with van der Waals surface area (Å²) in [6.07, 6.45) is 6.07. The van der Waals surface area contributed by atoms with Gasteiger partial charge in [-0.05, 0) is 19.3 Å². The predicted octanol–water partition coefficient (Wildman–Crippen LogP) is 3.57. The van der Waals surface area contributed by atoms with Crippen molar-refractivity contribution in [3.63, 3.8) is 0 Å². The average molecular weight is 331 g/mol. The van der Waals surface area contributed by atoms with Crippen LogP contribution in [-0.2, 0) is 14.3 Å². The molecule has 0 unspecified atom stereocenters. The van der Waals surface area contributed by atoms with Crippen molar-refractivity contribution < 1.29 is 31.0 Å². The summed E-state index contributed by atoms with van der Waals surface area (Å²) in [5, 5.41) is 9.05. The van der Waals surface area contributed by atoms with Crippen molar-refractivity contribution in [3.8, 4) is 0 Å². The minimum absolute atomic E-state index is 0.00437. The molecular weight excluding hydrogens is 311 g/mol. The zero-order valence-corrected chi connectivity index (χ0v) is 12.4. The lowest BCUT2D eigenvalue weighted by molar-refractivity contribution is -0.0525. The van der Waals surface area contributed by atoms with Gasteiger partial charge in [0.25, 0.3) is 0 Å². The van der Waals surface area contributed by atoms with Crippen LogP contribution in [0.2, 0.25) is 0 Å². The summed E-state index contributed by atoms with van der Waals surface area (Å²) in [6.45, 7) is 0. The van der Waals surface area contributed by atoms with Crippen LogP contribution in [0.25, 0.3) is 0 Å². The molecule has 9 heteroatoms. The zero-order valence-electron chi connectivity index (χ0n) is 11.6. The van der Waals surface area contributed by atoms with Gasteiger partial charge in [-0.25, -0.2) is 0 Å². The Morgan fingerprint density at radius 3 is 1.90 bits per heavy atom. The quantitative estimate of drug-likeness (QED) is 0.470. The van der Waals surface area contributed by atoms with Gasteiger partial charge in [-0.1, -0.05) is 32.1 Å². The summed E-state index contributed by atoms with van der Waals surface area (Å²) < 4.78 is 63.6. The van der Waals surface area contributed by atoms with Gasteiger partial charge in [0, 0.05) is 6.42 Å². The lowest BCUT2D eigenvalue weighted by atomic mass is 10.1. The smallest absolute Gasteiger partial charge is 0.379 e. The molecule has 0 saturated heterocycles.